The first-order valence-electron chi connectivity index (χ1n) is 8.27. The van der Waals surface area contributed by atoms with Crippen LogP contribution in [0.15, 0.2) is 63.3 Å². The van der Waals surface area contributed by atoms with Crippen molar-refractivity contribution in [2.45, 2.75) is 33.1 Å². The van der Waals surface area contributed by atoms with Crippen molar-refractivity contribution in [1.29, 1.82) is 0 Å². The van der Waals surface area contributed by atoms with E-state index in [0.717, 1.165) is 47.2 Å². The lowest BCUT2D eigenvalue weighted by Gasteiger charge is -2.14. The Kier molecular flexibility index (Phi) is 7.51. The summed E-state index contributed by atoms with van der Waals surface area (Å²) in [7, 11) is 0. The molecule has 0 aliphatic carbocycles. The minimum absolute atomic E-state index is 0.752. The SMILES string of the molecule is CCCCC#Cc1cc(Br)ccc1N=NN(CC)c1ccccc1. The molecule has 0 aliphatic heterocycles. The van der Waals surface area contributed by atoms with Gasteiger partial charge in [0.2, 0.25) is 0 Å². The van der Waals surface area contributed by atoms with E-state index in [-0.39, 0.29) is 0 Å². The zero-order valence-electron chi connectivity index (χ0n) is 14.2. The fourth-order valence-electron chi connectivity index (χ4n) is 2.12. The third-order valence-corrected chi connectivity index (χ3v) is 3.94. The fourth-order valence-corrected chi connectivity index (χ4v) is 2.48. The maximum atomic E-state index is 4.42. The average Bonchev–Trinajstić information content (AvgIpc) is 2.61. The highest BCUT2D eigenvalue weighted by atomic mass is 79.9. The Hall–Kier alpha value is -2.12. The number of hydrogen-bond acceptors (Lipinski definition) is 2. The van der Waals surface area contributed by atoms with Crippen molar-refractivity contribution in [3.05, 3.63) is 58.6 Å². The Balaban J connectivity index is 2.22. The molecule has 2 aromatic rings. The molecule has 0 amide bonds. The normalized spacial score (nSPS) is 10.5. The second-order valence-corrected chi connectivity index (χ2v) is 6.22. The molecule has 124 valence electrons. The molecular formula is C20H22BrN3. The van der Waals surface area contributed by atoms with E-state index in [1.165, 1.54) is 0 Å². The van der Waals surface area contributed by atoms with Gasteiger partial charge in [-0.3, -0.25) is 0 Å². The summed E-state index contributed by atoms with van der Waals surface area (Å²) in [5.74, 6) is 6.44. The van der Waals surface area contributed by atoms with Gasteiger partial charge in [0.05, 0.1) is 11.3 Å². The van der Waals surface area contributed by atoms with Crippen molar-refractivity contribution >= 4 is 27.3 Å². The first-order chi connectivity index (χ1) is 11.7. The van der Waals surface area contributed by atoms with E-state index in [2.05, 4.69) is 52.0 Å². The van der Waals surface area contributed by atoms with Crippen LogP contribution >= 0.6 is 15.9 Å². The molecule has 0 aliphatic rings. The lowest BCUT2D eigenvalue weighted by molar-refractivity contribution is 0.828. The van der Waals surface area contributed by atoms with Gasteiger partial charge in [0.25, 0.3) is 0 Å². The van der Waals surface area contributed by atoms with E-state index >= 15 is 0 Å². The maximum absolute atomic E-state index is 4.42. The molecule has 0 fully saturated rings. The summed E-state index contributed by atoms with van der Waals surface area (Å²) in [4.78, 5) is 0. The van der Waals surface area contributed by atoms with Crippen LogP contribution in [0.5, 0.6) is 0 Å². The smallest absolute Gasteiger partial charge is 0.103 e. The summed E-state index contributed by atoms with van der Waals surface area (Å²) in [6, 6.07) is 15.9. The van der Waals surface area contributed by atoms with Crippen LogP contribution in [0.3, 0.4) is 0 Å². The van der Waals surface area contributed by atoms with Crippen LogP contribution in [0.25, 0.3) is 0 Å². The van der Waals surface area contributed by atoms with Gasteiger partial charge in [-0.2, -0.15) is 0 Å². The molecule has 2 aromatic carbocycles. The summed E-state index contributed by atoms with van der Waals surface area (Å²) >= 11 is 3.50. The molecule has 4 heteroatoms. The lowest BCUT2D eigenvalue weighted by Crippen LogP contribution is -2.13. The predicted octanol–water partition coefficient (Wildman–Crippen LogP) is 6.52. The van der Waals surface area contributed by atoms with Gasteiger partial charge in [-0.15, -0.1) is 5.11 Å². The van der Waals surface area contributed by atoms with Gasteiger partial charge in [0.15, 0.2) is 0 Å². The van der Waals surface area contributed by atoms with E-state index in [9.17, 15) is 0 Å². The van der Waals surface area contributed by atoms with Gasteiger partial charge in [0.1, 0.15) is 5.69 Å². The molecule has 0 unspecified atom stereocenters. The van der Waals surface area contributed by atoms with Crippen LogP contribution in [-0.4, -0.2) is 6.54 Å². The molecule has 24 heavy (non-hydrogen) atoms. The molecule has 0 N–H and O–H groups in total. The first-order valence-corrected chi connectivity index (χ1v) is 9.06. The molecule has 0 heterocycles. The molecule has 0 saturated heterocycles. The molecule has 0 aromatic heterocycles. The molecule has 0 radical (unpaired) electrons. The maximum Gasteiger partial charge on any atom is 0.103 e. The van der Waals surface area contributed by atoms with Gasteiger partial charge in [-0.05, 0) is 43.7 Å². The molecule has 0 atom stereocenters. The van der Waals surface area contributed by atoms with Crippen molar-refractivity contribution in [1.82, 2.24) is 0 Å². The van der Waals surface area contributed by atoms with E-state index in [0.29, 0.717) is 0 Å². The number of hydrogen-bond donors (Lipinski definition) is 0. The molecule has 0 saturated carbocycles. The second kappa shape index (κ2) is 9.89. The fraction of sp³-hybridized carbons (Fsp3) is 0.300. The first kappa shape index (κ1) is 18.2. The predicted molar refractivity (Wildman–Crippen MR) is 105 cm³/mol. The number of halogens is 1. The quantitative estimate of drug-likeness (QED) is 0.241. The summed E-state index contributed by atoms with van der Waals surface area (Å²) in [6.07, 6.45) is 3.18. The van der Waals surface area contributed by atoms with Crippen molar-refractivity contribution < 1.29 is 0 Å². The average molecular weight is 384 g/mol. The standard InChI is InChI=1S/C20H22BrN3/c1-3-5-6-8-11-17-16-18(21)14-15-20(17)22-23-24(4-2)19-12-9-7-10-13-19/h7,9-10,12-16H,3-6H2,1-2H3. The number of para-hydroxylation sites is 1. The van der Waals surface area contributed by atoms with Crippen molar-refractivity contribution in [3.63, 3.8) is 0 Å². The van der Waals surface area contributed by atoms with Gasteiger partial charge >= 0.3 is 0 Å². The number of nitrogens with zero attached hydrogens (tertiary/aromatic N) is 3. The summed E-state index contributed by atoms with van der Waals surface area (Å²) in [5, 5.41) is 10.7. The zero-order valence-corrected chi connectivity index (χ0v) is 15.8. The molecule has 0 spiro atoms. The van der Waals surface area contributed by atoms with Crippen LogP contribution in [0, 0.1) is 11.8 Å². The Morgan fingerprint density at radius 2 is 1.88 bits per heavy atom. The van der Waals surface area contributed by atoms with Crippen molar-refractivity contribution in [2.24, 2.45) is 10.3 Å². The Morgan fingerprint density at radius 1 is 1.08 bits per heavy atom. The van der Waals surface area contributed by atoms with E-state index < -0.39 is 0 Å². The van der Waals surface area contributed by atoms with Crippen LogP contribution in [-0.2, 0) is 0 Å². The van der Waals surface area contributed by atoms with Gasteiger partial charge in [-0.1, -0.05) is 64.5 Å². The van der Waals surface area contributed by atoms with E-state index in [4.69, 9.17) is 0 Å². The van der Waals surface area contributed by atoms with Crippen LogP contribution in [0.1, 0.15) is 38.7 Å². The number of anilines is 1. The second-order valence-electron chi connectivity index (χ2n) is 5.31. The minimum atomic E-state index is 0.752. The highest BCUT2D eigenvalue weighted by Crippen LogP contribution is 2.24. The summed E-state index contributed by atoms with van der Waals surface area (Å²) in [5.41, 5.74) is 2.71. The van der Waals surface area contributed by atoms with Crippen LogP contribution in [0.4, 0.5) is 11.4 Å². The monoisotopic (exact) mass is 383 g/mol. The Morgan fingerprint density at radius 3 is 2.58 bits per heavy atom. The van der Waals surface area contributed by atoms with Gasteiger partial charge in [-0.25, -0.2) is 5.01 Å². The Bertz CT molecular complexity index is 730. The van der Waals surface area contributed by atoms with Crippen LogP contribution < -0.4 is 5.01 Å². The zero-order chi connectivity index (χ0) is 17.2. The summed E-state index contributed by atoms with van der Waals surface area (Å²) in [6.45, 7) is 4.98. The number of benzene rings is 2. The molecule has 0 bridgehead atoms. The van der Waals surface area contributed by atoms with E-state index in [1.54, 1.807) is 0 Å². The van der Waals surface area contributed by atoms with Gasteiger partial charge in [0, 0.05) is 17.4 Å². The summed E-state index contributed by atoms with van der Waals surface area (Å²) < 4.78 is 0.997. The number of unbranched alkanes of at least 4 members (excludes halogenated alkanes) is 2. The molecular weight excluding hydrogens is 362 g/mol. The molecule has 2 rings (SSSR count). The minimum Gasteiger partial charge on any atom is -0.247 e. The van der Waals surface area contributed by atoms with Gasteiger partial charge < -0.3 is 0 Å². The van der Waals surface area contributed by atoms with Crippen molar-refractivity contribution in [3.8, 4) is 11.8 Å². The third-order valence-electron chi connectivity index (χ3n) is 3.45. The highest BCUT2D eigenvalue weighted by Gasteiger charge is 2.03. The van der Waals surface area contributed by atoms with Crippen LogP contribution in [0.2, 0.25) is 0 Å². The lowest BCUT2D eigenvalue weighted by atomic mass is 10.1. The number of rotatable bonds is 6. The Labute approximate surface area is 152 Å². The largest absolute Gasteiger partial charge is 0.247 e. The van der Waals surface area contributed by atoms with E-state index in [1.807, 2.05) is 53.5 Å². The topological polar surface area (TPSA) is 28.0 Å². The molecule has 3 nitrogen and oxygen atoms in total. The highest BCUT2D eigenvalue weighted by molar-refractivity contribution is 9.10. The van der Waals surface area contributed by atoms with Crippen molar-refractivity contribution in [2.75, 3.05) is 11.6 Å². The third kappa shape index (κ3) is 5.50.